The van der Waals surface area contributed by atoms with Crippen molar-refractivity contribution in [2.45, 2.75) is 104 Å². The number of ketones is 1. The van der Waals surface area contributed by atoms with Crippen LogP contribution >= 0.6 is 0 Å². The molecule has 0 heterocycles. The zero-order chi connectivity index (χ0) is 26.2. The minimum absolute atomic E-state index is 0.0573. The van der Waals surface area contributed by atoms with Crippen LogP contribution in [0, 0.1) is 18.8 Å². The van der Waals surface area contributed by atoms with Gasteiger partial charge in [-0.1, -0.05) is 69.3 Å². The number of ether oxygens (including phenoxy) is 1. The molecule has 1 saturated carbocycles. The Labute approximate surface area is 214 Å². The molecule has 0 radical (unpaired) electrons. The predicted octanol–water partition coefficient (Wildman–Crippen LogP) is 7.67. The molecule has 1 aromatic carbocycles. The van der Waals surface area contributed by atoms with Gasteiger partial charge in [-0.25, -0.2) is 0 Å². The number of hydrogen-bond acceptors (Lipinski definition) is 4. The van der Waals surface area contributed by atoms with E-state index < -0.39 is 8.32 Å². The van der Waals surface area contributed by atoms with E-state index in [2.05, 4.69) is 77.2 Å². The van der Waals surface area contributed by atoms with E-state index >= 15 is 0 Å². The summed E-state index contributed by atoms with van der Waals surface area (Å²) >= 11 is 0. The predicted molar refractivity (Wildman–Crippen MR) is 148 cm³/mol. The molecule has 3 atom stereocenters. The first kappa shape index (κ1) is 29.2. The van der Waals surface area contributed by atoms with Gasteiger partial charge in [0.25, 0.3) is 0 Å². The third kappa shape index (κ3) is 8.87. The van der Waals surface area contributed by atoms with Crippen molar-refractivity contribution >= 4 is 26.1 Å². The second-order valence-electron chi connectivity index (χ2n) is 11.6. The van der Waals surface area contributed by atoms with Crippen molar-refractivity contribution in [3.8, 4) is 0 Å². The van der Waals surface area contributed by atoms with Gasteiger partial charge in [0.1, 0.15) is 5.78 Å². The average Bonchev–Trinajstić information content (AvgIpc) is 3.02. The number of hydrogen-bond donors (Lipinski definition) is 0. The van der Waals surface area contributed by atoms with Gasteiger partial charge in [0.05, 0.1) is 12.2 Å². The molecule has 0 unspecified atom stereocenters. The molecule has 35 heavy (non-hydrogen) atoms. The van der Waals surface area contributed by atoms with Crippen LogP contribution in [0.4, 0.5) is 0 Å². The number of carbonyl (C=O) groups excluding carboxylic acids is 2. The molecule has 0 aromatic heterocycles. The number of unbranched alkanes of at least 4 members (excludes halogenated alkanes) is 1. The van der Waals surface area contributed by atoms with Crippen LogP contribution in [0.5, 0.6) is 0 Å². The van der Waals surface area contributed by atoms with Crippen LogP contribution in [-0.2, 0) is 18.8 Å². The number of rotatable bonds is 11. The van der Waals surface area contributed by atoms with Gasteiger partial charge >= 0.3 is 5.97 Å². The van der Waals surface area contributed by atoms with Crippen LogP contribution in [0.15, 0.2) is 42.5 Å². The summed E-state index contributed by atoms with van der Waals surface area (Å²) in [6.45, 7) is 17.1. The van der Waals surface area contributed by atoms with Crippen molar-refractivity contribution in [3.63, 3.8) is 0 Å². The fourth-order valence-corrected chi connectivity index (χ4v) is 5.57. The Kier molecular flexibility index (Phi) is 10.7. The molecule has 2 rings (SSSR count). The highest BCUT2D eigenvalue weighted by Gasteiger charge is 2.46. The minimum Gasteiger partial charge on any atom is -0.463 e. The summed E-state index contributed by atoms with van der Waals surface area (Å²) in [6, 6.07) is 8.32. The summed E-state index contributed by atoms with van der Waals surface area (Å²) in [5.41, 5.74) is 2.41. The van der Waals surface area contributed by atoms with Crippen LogP contribution in [0.3, 0.4) is 0 Å². The molecule has 0 saturated heterocycles. The lowest BCUT2D eigenvalue weighted by Crippen LogP contribution is -2.45. The van der Waals surface area contributed by atoms with E-state index in [4.69, 9.17) is 9.16 Å². The molecule has 0 spiro atoms. The van der Waals surface area contributed by atoms with Crippen LogP contribution in [0.25, 0.3) is 6.08 Å². The fraction of sp³-hybridized carbons (Fsp3) is 0.600. The van der Waals surface area contributed by atoms with Gasteiger partial charge in [-0.15, -0.1) is 0 Å². The van der Waals surface area contributed by atoms with Gasteiger partial charge in [-0.3, -0.25) is 9.59 Å². The normalized spacial score (nSPS) is 21.5. The van der Waals surface area contributed by atoms with E-state index in [0.717, 1.165) is 12.8 Å². The molecular weight excluding hydrogens is 452 g/mol. The molecule has 1 aromatic rings. The lowest BCUT2D eigenvalue weighted by atomic mass is 9.90. The molecular formula is C30H46O4Si. The van der Waals surface area contributed by atoms with Gasteiger partial charge in [0.2, 0.25) is 0 Å². The van der Waals surface area contributed by atoms with Gasteiger partial charge in [-0.2, -0.15) is 0 Å². The number of carbonyl (C=O) groups is 2. The summed E-state index contributed by atoms with van der Waals surface area (Å²) in [4.78, 5) is 24.8. The first-order valence-corrected chi connectivity index (χ1v) is 16.0. The van der Waals surface area contributed by atoms with Crippen LogP contribution < -0.4 is 0 Å². The molecule has 0 amide bonds. The highest BCUT2D eigenvalue weighted by Crippen LogP contribution is 2.43. The van der Waals surface area contributed by atoms with Crippen LogP contribution in [-0.4, -0.2) is 32.3 Å². The lowest BCUT2D eigenvalue weighted by molar-refractivity contribution is -0.147. The van der Waals surface area contributed by atoms with E-state index in [0.29, 0.717) is 25.0 Å². The molecule has 0 bridgehead atoms. The molecule has 1 fully saturated rings. The number of esters is 1. The summed E-state index contributed by atoms with van der Waals surface area (Å²) in [5, 5.41) is 0.0923. The zero-order valence-electron chi connectivity index (χ0n) is 23.1. The van der Waals surface area contributed by atoms with Gasteiger partial charge in [-0.05, 0) is 69.3 Å². The number of aryl methyl sites for hydroxylation is 1. The molecule has 1 aliphatic rings. The lowest BCUT2D eigenvalue weighted by Gasteiger charge is -2.39. The van der Waals surface area contributed by atoms with Gasteiger partial charge in [0.15, 0.2) is 8.32 Å². The summed E-state index contributed by atoms with van der Waals surface area (Å²) in [7, 11) is -2.01. The highest BCUT2D eigenvalue weighted by molar-refractivity contribution is 6.74. The largest absolute Gasteiger partial charge is 0.463 e. The number of benzene rings is 1. The zero-order valence-corrected chi connectivity index (χ0v) is 24.1. The van der Waals surface area contributed by atoms with Crippen molar-refractivity contribution in [1.82, 2.24) is 0 Å². The Hall–Kier alpha value is -1.98. The van der Waals surface area contributed by atoms with Crippen molar-refractivity contribution in [2.75, 3.05) is 0 Å². The third-order valence-electron chi connectivity index (χ3n) is 7.32. The average molecular weight is 499 g/mol. The standard InChI is InChI=1S/C30H46O4Si/c1-22(2)33-29(32)18-12-10-9-11-17-25-26(20-19-24-16-14-13-15-23(24)3)28(21-27(25)31)34-35(7,8)30(4,5)6/h9,11,13-16,19-20,22,25-26,28H,10,12,17-18,21H2,1-8H3/t25-,26+,28-/m1/s1. The van der Waals surface area contributed by atoms with E-state index in [1.165, 1.54) is 11.1 Å². The minimum atomic E-state index is -2.01. The van der Waals surface area contributed by atoms with Gasteiger partial charge in [0, 0.05) is 24.7 Å². The SMILES string of the molecule is Cc1ccccc1C=C[C@@H]1[C@H](O[Si](C)(C)C(C)(C)C)CC(=O)[C@@H]1CC=CCCCC(=O)OC(C)C. The van der Waals surface area contributed by atoms with Gasteiger partial charge < -0.3 is 9.16 Å². The molecule has 4 nitrogen and oxygen atoms in total. The Morgan fingerprint density at radius 3 is 2.49 bits per heavy atom. The van der Waals surface area contributed by atoms with Crippen molar-refractivity contribution in [2.24, 2.45) is 11.8 Å². The molecule has 0 N–H and O–H groups in total. The smallest absolute Gasteiger partial charge is 0.306 e. The third-order valence-corrected chi connectivity index (χ3v) is 11.8. The Balaban J connectivity index is 2.11. The topological polar surface area (TPSA) is 52.6 Å². The van der Waals surface area contributed by atoms with Crippen molar-refractivity contribution < 1.29 is 18.8 Å². The van der Waals surface area contributed by atoms with E-state index in [-0.39, 0.29) is 35.1 Å². The number of Topliss-reactive ketones (excluding diaryl/α,β-unsaturated/α-hetero) is 1. The second kappa shape index (κ2) is 12.8. The van der Waals surface area contributed by atoms with Crippen molar-refractivity contribution in [3.05, 3.63) is 53.6 Å². The molecule has 0 aliphatic heterocycles. The highest BCUT2D eigenvalue weighted by atomic mass is 28.4. The fourth-order valence-electron chi connectivity index (χ4n) is 4.22. The van der Waals surface area contributed by atoms with Crippen molar-refractivity contribution in [1.29, 1.82) is 0 Å². The maximum absolute atomic E-state index is 13.1. The van der Waals surface area contributed by atoms with Crippen LogP contribution in [0.1, 0.15) is 77.8 Å². The van der Waals surface area contributed by atoms with Crippen LogP contribution in [0.2, 0.25) is 18.1 Å². The molecule has 194 valence electrons. The van der Waals surface area contributed by atoms with E-state index in [1.54, 1.807) is 0 Å². The summed E-state index contributed by atoms with van der Waals surface area (Å²) in [5.74, 6) is 0.124. The number of allylic oxidation sites excluding steroid dienone is 2. The molecule has 5 heteroatoms. The Bertz CT molecular complexity index is 907. The quantitative estimate of drug-likeness (QED) is 0.136. The summed E-state index contributed by atoms with van der Waals surface area (Å²) in [6.07, 6.45) is 11.6. The Morgan fingerprint density at radius 1 is 1.17 bits per heavy atom. The van der Waals surface area contributed by atoms with E-state index in [9.17, 15) is 9.59 Å². The monoisotopic (exact) mass is 498 g/mol. The maximum atomic E-state index is 13.1. The Morgan fingerprint density at radius 2 is 1.86 bits per heavy atom. The first-order valence-electron chi connectivity index (χ1n) is 13.1. The molecule has 1 aliphatic carbocycles. The van der Waals surface area contributed by atoms with E-state index in [1.807, 2.05) is 26.0 Å². The second-order valence-corrected chi connectivity index (χ2v) is 16.4. The summed E-state index contributed by atoms with van der Waals surface area (Å²) < 4.78 is 12.0. The maximum Gasteiger partial charge on any atom is 0.306 e. The first-order chi connectivity index (χ1) is 16.3.